The molecule has 16 heavy (non-hydrogen) atoms. The monoisotopic (exact) mass is 216 g/mol. The fourth-order valence-electron chi connectivity index (χ4n) is 2.31. The highest BCUT2D eigenvalue weighted by molar-refractivity contribution is 5.76. The highest BCUT2D eigenvalue weighted by atomic mass is 15.4. The molecule has 4 heteroatoms. The number of hydrazine groups is 1. The number of nitrogens with zero attached hydrogens (tertiary/aromatic N) is 3. The average Bonchev–Trinajstić information content (AvgIpc) is 2.50. The highest BCUT2D eigenvalue weighted by Crippen LogP contribution is 2.19. The van der Waals surface area contributed by atoms with Crippen LogP contribution in [0.4, 0.5) is 0 Å². The Labute approximate surface area is 94.6 Å². The van der Waals surface area contributed by atoms with Gasteiger partial charge >= 0.3 is 0 Å². The Morgan fingerprint density at radius 1 is 1.25 bits per heavy atom. The minimum atomic E-state index is 0.891. The summed E-state index contributed by atoms with van der Waals surface area (Å²) in [5.74, 6) is 7.00. The summed E-state index contributed by atoms with van der Waals surface area (Å²) in [6, 6.07) is 6.43. The quantitative estimate of drug-likeness (QED) is 0.670. The molecule has 0 unspecified atom stereocenters. The first-order valence-corrected chi connectivity index (χ1v) is 5.69. The molecule has 0 amide bonds. The van der Waals surface area contributed by atoms with Crippen molar-refractivity contribution in [2.75, 3.05) is 13.1 Å². The third-order valence-electron chi connectivity index (χ3n) is 3.22. The molecule has 0 bridgehead atoms. The van der Waals surface area contributed by atoms with Crippen molar-refractivity contribution in [2.45, 2.75) is 19.9 Å². The zero-order valence-electron chi connectivity index (χ0n) is 9.48. The molecule has 1 aliphatic rings. The molecule has 0 atom stereocenters. The van der Waals surface area contributed by atoms with Crippen molar-refractivity contribution in [1.29, 1.82) is 0 Å². The maximum atomic E-state index is 5.84. The lowest BCUT2D eigenvalue weighted by molar-refractivity contribution is 0.290. The summed E-state index contributed by atoms with van der Waals surface area (Å²) in [6.45, 7) is 4.84. The second-order valence-electron chi connectivity index (χ2n) is 4.46. The van der Waals surface area contributed by atoms with Crippen LogP contribution >= 0.6 is 0 Å². The van der Waals surface area contributed by atoms with Crippen LogP contribution in [0.2, 0.25) is 0 Å². The molecular weight excluding hydrogens is 200 g/mol. The van der Waals surface area contributed by atoms with Crippen LogP contribution in [0.25, 0.3) is 11.0 Å². The Balaban J connectivity index is 2.16. The summed E-state index contributed by atoms with van der Waals surface area (Å²) in [5.41, 5.74) is 3.63. The normalized spacial score (nSPS) is 17.4. The Bertz CT molecular complexity index is 529. The molecule has 0 saturated heterocycles. The van der Waals surface area contributed by atoms with Gasteiger partial charge in [-0.05, 0) is 24.6 Å². The molecule has 2 aromatic rings. The first kappa shape index (κ1) is 9.81. The van der Waals surface area contributed by atoms with Gasteiger partial charge in [-0.15, -0.1) is 0 Å². The van der Waals surface area contributed by atoms with E-state index in [1.54, 1.807) is 0 Å². The fraction of sp³-hybridized carbons (Fsp3) is 0.417. The fourth-order valence-corrected chi connectivity index (χ4v) is 2.31. The molecular formula is C12H16N4. The summed E-state index contributed by atoms with van der Waals surface area (Å²) in [6.07, 6.45) is 0.935. The van der Waals surface area contributed by atoms with Crippen molar-refractivity contribution in [2.24, 2.45) is 5.84 Å². The van der Waals surface area contributed by atoms with E-state index in [4.69, 9.17) is 5.84 Å². The van der Waals surface area contributed by atoms with E-state index in [-0.39, 0.29) is 0 Å². The number of imidazole rings is 1. The van der Waals surface area contributed by atoms with Gasteiger partial charge < -0.3 is 4.57 Å². The van der Waals surface area contributed by atoms with Gasteiger partial charge in [0.25, 0.3) is 0 Å². The predicted molar refractivity (Wildman–Crippen MR) is 63.9 cm³/mol. The topological polar surface area (TPSA) is 47.1 Å². The number of benzene rings is 1. The summed E-state index contributed by atoms with van der Waals surface area (Å²) >= 11 is 0. The Hall–Kier alpha value is -1.39. The van der Waals surface area contributed by atoms with Crippen LogP contribution in [-0.2, 0) is 13.0 Å². The van der Waals surface area contributed by atoms with E-state index in [1.165, 1.54) is 11.1 Å². The van der Waals surface area contributed by atoms with Crippen LogP contribution < -0.4 is 5.84 Å². The van der Waals surface area contributed by atoms with Crippen molar-refractivity contribution >= 4 is 11.0 Å². The van der Waals surface area contributed by atoms with E-state index in [2.05, 4.69) is 34.7 Å². The van der Waals surface area contributed by atoms with E-state index < -0.39 is 0 Å². The van der Waals surface area contributed by atoms with Crippen molar-refractivity contribution in [3.8, 4) is 0 Å². The van der Waals surface area contributed by atoms with Gasteiger partial charge in [0.15, 0.2) is 0 Å². The Morgan fingerprint density at radius 2 is 2.12 bits per heavy atom. The molecule has 2 heterocycles. The summed E-state index contributed by atoms with van der Waals surface area (Å²) in [5, 5.41) is 1.87. The molecule has 0 saturated carbocycles. The predicted octanol–water partition coefficient (Wildman–Crippen LogP) is 1.08. The van der Waals surface area contributed by atoms with Crippen molar-refractivity contribution in [3.63, 3.8) is 0 Å². The lowest BCUT2D eigenvalue weighted by atomic mass is 10.2. The zero-order valence-corrected chi connectivity index (χ0v) is 9.48. The molecule has 1 aromatic carbocycles. The second-order valence-corrected chi connectivity index (χ2v) is 4.46. The number of nitrogens with two attached hydrogens (primary N) is 1. The lowest BCUT2D eigenvalue weighted by Gasteiger charge is -2.11. The molecule has 0 aliphatic carbocycles. The largest absolute Gasteiger partial charge is 0.327 e. The molecule has 0 fully saturated rings. The SMILES string of the molecule is Cc1ccc2nc3n(c2c1)CCN(N)CC3. The third kappa shape index (κ3) is 1.50. The van der Waals surface area contributed by atoms with Gasteiger partial charge in [-0.3, -0.25) is 5.84 Å². The Morgan fingerprint density at radius 3 is 3.00 bits per heavy atom. The van der Waals surface area contributed by atoms with Gasteiger partial charge in [0.2, 0.25) is 0 Å². The molecule has 4 nitrogen and oxygen atoms in total. The van der Waals surface area contributed by atoms with Crippen molar-refractivity contribution in [1.82, 2.24) is 14.6 Å². The standard InChI is InChI=1S/C12H16N4/c1-9-2-3-10-11(8-9)16-7-6-15(13)5-4-12(16)14-10/h2-3,8H,4-7,13H2,1H3. The van der Waals surface area contributed by atoms with Gasteiger partial charge in [0, 0.05) is 26.1 Å². The number of fused-ring (bicyclic) bond motifs is 3. The second kappa shape index (κ2) is 3.57. The first-order valence-electron chi connectivity index (χ1n) is 5.69. The van der Waals surface area contributed by atoms with Gasteiger partial charge in [-0.1, -0.05) is 6.07 Å². The van der Waals surface area contributed by atoms with Gasteiger partial charge in [-0.2, -0.15) is 0 Å². The van der Waals surface area contributed by atoms with Crippen LogP contribution in [0.3, 0.4) is 0 Å². The number of aryl methyl sites for hydroxylation is 1. The maximum absolute atomic E-state index is 5.84. The van der Waals surface area contributed by atoms with Gasteiger partial charge in [0.05, 0.1) is 11.0 Å². The van der Waals surface area contributed by atoms with Crippen LogP contribution in [0.15, 0.2) is 18.2 Å². The van der Waals surface area contributed by atoms with E-state index in [0.29, 0.717) is 0 Å². The minimum absolute atomic E-state index is 0.891. The number of hydrogen-bond acceptors (Lipinski definition) is 3. The molecule has 1 aromatic heterocycles. The van der Waals surface area contributed by atoms with Gasteiger partial charge in [-0.25, -0.2) is 9.99 Å². The molecule has 2 N–H and O–H groups in total. The average molecular weight is 216 g/mol. The maximum Gasteiger partial charge on any atom is 0.111 e. The van der Waals surface area contributed by atoms with Crippen molar-refractivity contribution in [3.05, 3.63) is 29.6 Å². The van der Waals surface area contributed by atoms with E-state index in [0.717, 1.165) is 37.4 Å². The zero-order chi connectivity index (χ0) is 11.1. The molecule has 84 valence electrons. The molecule has 0 radical (unpaired) electrons. The first-order chi connectivity index (χ1) is 7.74. The van der Waals surface area contributed by atoms with Crippen LogP contribution in [0, 0.1) is 6.92 Å². The van der Waals surface area contributed by atoms with Crippen LogP contribution in [-0.4, -0.2) is 27.6 Å². The number of aromatic nitrogens is 2. The third-order valence-corrected chi connectivity index (χ3v) is 3.22. The summed E-state index contributed by atoms with van der Waals surface area (Å²) in [7, 11) is 0. The lowest BCUT2D eigenvalue weighted by Crippen LogP contribution is -2.33. The summed E-state index contributed by atoms with van der Waals surface area (Å²) < 4.78 is 2.30. The molecule has 0 spiro atoms. The summed E-state index contributed by atoms with van der Waals surface area (Å²) in [4.78, 5) is 4.67. The van der Waals surface area contributed by atoms with E-state index in [1.807, 2.05) is 5.01 Å². The van der Waals surface area contributed by atoms with Crippen molar-refractivity contribution < 1.29 is 0 Å². The number of hydrogen-bond donors (Lipinski definition) is 1. The Kier molecular flexibility index (Phi) is 2.19. The van der Waals surface area contributed by atoms with Crippen LogP contribution in [0.1, 0.15) is 11.4 Å². The van der Waals surface area contributed by atoms with Crippen LogP contribution in [0.5, 0.6) is 0 Å². The molecule has 3 rings (SSSR count). The highest BCUT2D eigenvalue weighted by Gasteiger charge is 2.15. The van der Waals surface area contributed by atoms with Gasteiger partial charge in [0.1, 0.15) is 5.82 Å². The van der Waals surface area contributed by atoms with E-state index >= 15 is 0 Å². The van der Waals surface area contributed by atoms with E-state index in [9.17, 15) is 0 Å². The molecule has 1 aliphatic heterocycles. The number of rotatable bonds is 0. The minimum Gasteiger partial charge on any atom is -0.327 e. The smallest absolute Gasteiger partial charge is 0.111 e.